The Morgan fingerprint density at radius 2 is 2.21 bits per heavy atom. The van der Waals surface area contributed by atoms with Gasteiger partial charge in [-0.15, -0.1) is 11.3 Å². The SMILES string of the molecule is Cc1cc(C[C@@H]2CN(C(=O)c3cc4ccccc4s3)C[C@H]2O)on1. The van der Waals surface area contributed by atoms with E-state index in [0.717, 1.165) is 26.4 Å². The predicted molar refractivity (Wildman–Crippen MR) is 92.2 cm³/mol. The number of hydrogen-bond donors (Lipinski definition) is 1. The monoisotopic (exact) mass is 342 g/mol. The summed E-state index contributed by atoms with van der Waals surface area (Å²) in [5.41, 5.74) is 0.829. The second kappa shape index (κ2) is 6.03. The lowest BCUT2D eigenvalue weighted by molar-refractivity contribution is 0.0769. The van der Waals surface area contributed by atoms with Crippen molar-refractivity contribution in [2.45, 2.75) is 19.4 Å². The number of thiophene rings is 1. The third-order valence-electron chi connectivity index (χ3n) is 4.47. The quantitative estimate of drug-likeness (QED) is 0.795. The number of rotatable bonds is 3. The molecule has 124 valence electrons. The molecule has 0 unspecified atom stereocenters. The molecule has 0 radical (unpaired) electrons. The van der Waals surface area contributed by atoms with E-state index in [-0.39, 0.29) is 11.8 Å². The van der Waals surface area contributed by atoms with Crippen LogP contribution in [-0.4, -0.2) is 40.3 Å². The number of aliphatic hydroxyl groups excluding tert-OH is 1. The topological polar surface area (TPSA) is 66.6 Å². The fourth-order valence-corrected chi connectivity index (χ4v) is 4.27. The summed E-state index contributed by atoms with van der Waals surface area (Å²) in [6.45, 7) is 2.77. The fraction of sp³-hybridized carbons (Fsp3) is 0.333. The molecule has 2 aromatic heterocycles. The van der Waals surface area contributed by atoms with E-state index in [1.54, 1.807) is 4.90 Å². The summed E-state index contributed by atoms with van der Waals surface area (Å²) in [5.74, 6) is 0.731. The molecule has 1 fully saturated rings. The maximum atomic E-state index is 12.8. The number of nitrogens with zero attached hydrogens (tertiary/aromatic N) is 2. The van der Waals surface area contributed by atoms with E-state index in [0.29, 0.717) is 19.5 Å². The van der Waals surface area contributed by atoms with E-state index in [1.165, 1.54) is 11.3 Å². The Kier molecular flexibility index (Phi) is 3.86. The van der Waals surface area contributed by atoms with Crippen LogP contribution in [0.4, 0.5) is 0 Å². The number of fused-ring (bicyclic) bond motifs is 1. The number of amides is 1. The summed E-state index contributed by atoms with van der Waals surface area (Å²) < 4.78 is 6.34. The first-order valence-corrected chi connectivity index (χ1v) is 8.80. The zero-order valence-corrected chi connectivity index (χ0v) is 14.1. The first-order chi connectivity index (χ1) is 11.6. The minimum absolute atomic E-state index is 0.00787. The van der Waals surface area contributed by atoms with Crippen molar-refractivity contribution < 1.29 is 14.4 Å². The van der Waals surface area contributed by atoms with Gasteiger partial charge in [0.05, 0.1) is 16.7 Å². The number of aryl methyl sites for hydroxylation is 1. The third kappa shape index (κ3) is 2.83. The highest BCUT2D eigenvalue weighted by atomic mass is 32.1. The van der Waals surface area contributed by atoms with Gasteiger partial charge in [0.1, 0.15) is 5.76 Å². The van der Waals surface area contributed by atoms with Gasteiger partial charge in [0.2, 0.25) is 0 Å². The van der Waals surface area contributed by atoms with Crippen LogP contribution in [0.5, 0.6) is 0 Å². The van der Waals surface area contributed by atoms with Gasteiger partial charge in [-0.3, -0.25) is 4.79 Å². The maximum absolute atomic E-state index is 12.8. The summed E-state index contributed by atoms with van der Waals surface area (Å²) >= 11 is 1.50. The van der Waals surface area contributed by atoms with E-state index in [4.69, 9.17) is 4.52 Å². The van der Waals surface area contributed by atoms with E-state index in [9.17, 15) is 9.90 Å². The largest absolute Gasteiger partial charge is 0.391 e. The minimum Gasteiger partial charge on any atom is -0.391 e. The van der Waals surface area contributed by atoms with Crippen molar-refractivity contribution in [2.24, 2.45) is 5.92 Å². The molecule has 1 saturated heterocycles. The van der Waals surface area contributed by atoms with Gasteiger partial charge in [0, 0.05) is 36.2 Å². The van der Waals surface area contributed by atoms with Crippen molar-refractivity contribution in [1.82, 2.24) is 10.1 Å². The summed E-state index contributed by atoms with van der Waals surface area (Å²) in [5, 5.41) is 15.3. The number of hydrogen-bond acceptors (Lipinski definition) is 5. The molecule has 2 atom stereocenters. The molecule has 5 nitrogen and oxygen atoms in total. The van der Waals surface area contributed by atoms with Crippen LogP contribution >= 0.6 is 11.3 Å². The van der Waals surface area contributed by atoms with Gasteiger partial charge in [0.15, 0.2) is 0 Å². The Labute approximate surface area is 143 Å². The molecule has 4 rings (SSSR count). The van der Waals surface area contributed by atoms with Gasteiger partial charge in [-0.1, -0.05) is 23.4 Å². The summed E-state index contributed by atoms with van der Waals surface area (Å²) in [6.07, 6.45) is 0.0619. The number of benzene rings is 1. The molecule has 1 N–H and O–H groups in total. The lowest BCUT2D eigenvalue weighted by Crippen LogP contribution is -2.28. The average Bonchev–Trinajstić information content (AvgIpc) is 3.26. The van der Waals surface area contributed by atoms with E-state index in [1.807, 2.05) is 43.3 Å². The van der Waals surface area contributed by atoms with Crippen molar-refractivity contribution in [3.05, 3.63) is 52.7 Å². The highest BCUT2D eigenvalue weighted by Crippen LogP contribution is 2.29. The fourth-order valence-electron chi connectivity index (χ4n) is 3.23. The van der Waals surface area contributed by atoms with Crippen molar-refractivity contribution in [3.63, 3.8) is 0 Å². The molecule has 3 heterocycles. The Morgan fingerprint density at radius 3 is 2.96 bits per heavy atom. The molecule has 1 aliphatic rings. The standard InChI is InChI=1S/C18H18N2O3S/c1-11-6-14(23-19-11)7-13-9-20(10-15(13)21)18(22)17-8-12-4-2-3-5-16(12)24-17/h2-6,8,13,15,21H,7,9-10H2,1H3/t13-,15-/m1/s1. The molecular weight excluding hydrogens is 324 g/mol. The molecule has 1 amide bonds. The number of β-amino-alcohol motifs (C(OH)–C–C–N with tert-alkyl or cyclic N) is 1. The Hall–Kier alpha value is -2.18. The number of aliphatic hydroxyl groups is 1. The van der Waals surface area contributed by atoms with Crippen LogP contribution in [0.1, 0.15) is 21.1 Å². The van der Waals surface area contributed by atoms with Crippen LogP contribution < -0.4 is 0 Å². The molecule has 1 aliphatic heterocycles. The van der Waals surface area contributed by atoms with Gasteiger partial charge in [-0.2, -0.15) is 0 Å². The molecule has 1 aromatic carbocycles. The van der Waals surface area contributed by atoms with Crippen LogP contribution in [-0.2, 0) is 6.42 Å². The Balaban J connectivity index is 1.49. The smallest absolute Gasteiger partial charge is 0.264 e. The molecule has 0 spiro atoms. The molecule has 24 heavy (non-hydrogen) atoms. The molecule has 0 aliphatic carbocycles. The van der Waals surface area contributed by atoms with Crippen LogP contribution in [0.3, 0.4) is 0 Å². The summed E-state index contributed by atoms with van der Waals surface area (Å²) in [7, 11) is 0. The maximum Gasteiger partial charge on any atom is 0.264 e. The average molecular weight is 342 g/mol. The van der Waals surface area contributed by atoms with E-state index >= 15 is 0 Å². The first kappa shape index (κ1) is 15.4. The normalized spacial score (nSPS) is 20.8. The van der Waals surface area contributed by atoms with Crippen LogP contribution in [0.2, 0.25) is 0 Å². The zero-order valence-electron chi connectivity index (χ0n) is 13.3. The lowest BCUT2D eigenvalue weighted by atomic mass is 10.0. The highest BCUT2D eigenvalue weighted by molar-refractivity contribution is 7.20. The zero-order chi connectivity index (χ0) is 16.7. The minimum atomic E-state index is -0.534. The third-order valence-corrected chi connectivity index (χ3v) is 5.57. The summed E-state index contributed by atoms with van der Waals surface area (Å²) in [4.78, 5) is 15.2. The van der Waals surface area contributed by atoms with Gasteiger partial charge in [-0.25, -0.2) is 0 Å². The molecule has 0 saturated carbocycles. The highest BCUT2D eigenvalue weighted by Gasteiger charge is 2.35. The van der Waals surface area contributed by atoms with Crippen LogP contribution in [0.15, 0.2) is 40.9 Å². The number of carbonyl (C=O) groups is 1. The Bertz CT molecular complexity index is 852. The van der Waals surface area contributed by atoms with Gasteiger partial charge in [0.25, 0.3) is 5.91 Å². The van der Waals surface area contributed by atoms with Gasteiger partial charge in [-0.05, 0) is 24.4 Å². The van der Waals surface area contributed by atoms with E-state index in [2.05, 4.69) is 5.16 Å². The second-order valence-electron chi connectivity index (χ2n) is 6.32. The van der Waals surface area contributed by atoms with E-state index < -0.39 is 6.10 Å². The molecule has 0 bridgehead atoms. The first-order valence-electron chi connectivity index (χ1n) is 7.98. The summed E-state index contributed by atoms with van der Waals surface area (Å²) in [6, 6.07) is 11.8. The van der Waals surface area contributed by atoms with Crippen LogP contribution in [0.25, 0.3) is 10.1 Å². The number of carbonyl (C=O) groups excluding carboxylic acids is 1. The number of likely N-dealkylation sites (tertiary alicyclic amines) is 1. The second-order valence-corrected chi connectivity index (χ2v) is 7.41. The predicted octanol–water partition coefficient (Wildman–Crippen LogP) is 2.87. The lowest BCUT2D eigenvalue weighted by Gasteiger charge is -2.14. The van der Waals surface area contributed by atoms with Crippen molar-refractivity contribution in [2.75, 3.05) is 13.1 Å². The van der Waals surface area contributed by atoms with Gasteiger partial charge < -0.3 is 14.5 Å². The number of aromatic nitrogens is 1. The Morgan fingerprint density at radius 1 is 1.38 bits per heavy atom. The van der Waals surface area contributed by atoms with Crippen molar-refractivity contribution >= 4 is 27.3 Å². The van der Waals surface area contributed by atoms with Crippen molar-refractivity contribution in [1.29, 1.82) is 0 Å². The molecule has 3 aromatic rings. The van der Waals surface area contributed by atoms with Crippen LogP contribution in [0, 0.1) is 12.8 Å². The molecular formula is C18H18N2O3S. The molecule has 6 heteroatoms. The van der Waals surface area contributed by atoms with Gasteiger partial charge >= 0.3 is 0 Å². The van der Waals surface area contributed by atoms with Crippen molar-refractivity contribution in [3.8, 4) is 0 Å².